The van der Waals surface area contributed by atoms with Gasteiger partial charge in [0.1, 0.15) is 0 Å². The molecule has 0 saturated heterocycles. The number of nitriles is 1. The Hall–Kier alpha value is -1.58. The Morgan fingerprint density at radius 1 is 1.40 bits per heavy atom. The van der Waals surface area contributed by atoms with Crippen molar-refractivity contribution in [3.63, 3.8) is 0 Å². The minimum Gasteiger partial charge on any atom is -0.398 e. The third-order valence-electron chi connectivity index (χ3n) is 2.99. The molecule has 0 atom stereocenters. The fraction of sp³-hybridized carbons (Fsp3) is 0.500. The zero-order valence-electron chi connectivity index (χ0n) is 12.1. The molecule has 0 fully saturated rings. The third kappa shape index (κ3) is 3.71. The molecule has 0 spiro atoms. The van der Waals surface area contributed by atoms with Crippen molar-refractivity contribution in [3.05, 3.63) is 23.8 Å². The average molecular weight is 295 g/mol. The Kier molecular flexibility index (Phi) is 5.54. The molecule has 5 nitrogen and oxygen atoms in total. The largest absolute Gasteiger partial charge is 0.398 e. The summed E-state index contributed by atoms with van der Waals surface area (Å²) in [7, 11) is -3.62. The monoisotopic (exact) mass is 295 g/mol. The van der Waals surface area contributed by atoms with E-state index in [-0.39, 0.29) is 23.8 Å². The van der Waals surface area contributed by atoms with E-state index in [9.17, 15) is 8.42 Å². The Balaban J connectivity index is 3.22. The minimum atomic E-state index is -3.62. The van der Waals surface area contributed by atoms with E-state index < -0.39 is 10.0 Å². The molecule has 6 heteroatoms. The molecule has 0 aliphatic heterocycles. The van der Waals surface area contributed by atoms with Crippen molar-refractivity contribution in [2.24, 2.45) is 5.92 Å². The van der Waals surface area contributed by atoms with Gasteiger partial charge in [0.25, 0.3) is 0 Å². The van der Waals surface area contributed by atoms with Crippen molar-refractivity contribution in [1.29, 1.82) is 5.26 Å². The zero-order chi connectivity index (χ0) is 15.3. The maximum absolute atomic E-state index is 12.7. The molecule has 0 aromatic heterocycles. The van der Waals surface area contributed by atoms with Crippen LogP contribution in [-0.2, 0) is 10.0 Å². The predicted molar refractivity (Wildman–Crippen MR) is 79.4 cm³/mol. The average Bonchev–Trinajstić information content (AvgIpc) is 2.37. The first-order valence-electron chi connectivity index (χ1n) is 6.53. The number of nitrogens with zero attached hydrogens (tertiary/aromatic N) is 2. The van der Waals surface area contributed by atoms with Gasteiger partial charge in [0.15, 0.2) is 0 Å². The summed E-state index contributed by atoms with van der Waals surface area (Å²) in [5.41, 5.74) is 6.79. The van der Waals surface area contributed by atoms with Gasteiger partial charge in [0.2, 0.25) is 10.0 Å². The topological polar surface area (TPSA) is 87.2 Å². The Labute approximate surface area is 121 Å². The van der Waals surface area contributed by atoms with E-state index in [0.717, 1.165) is 0 Å². The smallest absolute Gasteiger partial charge is 0.243 e. The lowest BCUT2D eigenvalue weighted by molar-refractivity contribution is 0.372. The molecule has 110 valence electrons. The Bertz CT molecular complexity index is 603. The first kappa shape index (κ1) is 16.5. The second-order valence-corrected chi connectivity index (χ2v) is 7.04. The summed E-state index contributed by atoms with van der Waals surface area (Å²) < 4.78 is 26.8. The molecule has 0 aliphatic carbocycles. The van der Waals surface area contributed by atoms with Gasteiger partial charge in [-0.05, 0) is 30.5 Å². The van der Waals surface area contributed by atoms with Crippen molar-refractivity contribution < 1.29 is 8.42 Å². The summed E-state index contributed by atoms with van der Waals surface area (Å²) in [6, 6.07) is 6.86. The van der Waals surface area contributed by atoms with Gasteiger partial charge in [-0.15, -0.1) is 0 Å². The molecule has 0 amide bonds. The molecule has 2 N–H and O–H groups in total. The third-order valence-corrected chi connectivity index (χ3v) is 5.00. The number of sulfonamides is 1. The van der Waals surface area contributed by atoms with Crippen molar-refractivity contribution in [3.8, 4) is 6.07 Å². The van der Waals surface area contributed by atoms with Crippen LogP contribution in [-0.4, -0.2) is 25.8 Å². The van der Waals surface area contributed by atoms with E-state index in [1.54, 1.807) is 25.1 Å². The van der Waals surface area contributed by atoms with Gasteiger partial charge in [-0.1, -0.05) is 19.9 Å². The van der Waals surface area contributed by atoms with Crippen LogP contribution in [0.1, 0.15) is 25.8 Å². The van der Waals surface area contributed by atoms with E-state index in [2.05, 4.69) is 0 Å². The molecule has 0 radical (unpaired) electrons. The summed E-state index contributed by atoms with van der Waals surface area (Å²) in [5, 5.41) is 8.69. The van der Waals surface area contributed by atoms with Crippen LogP contribution in [0.3, 0.4) is 0 Å². The molecule has 0 saturated carbocycles. The van der Waals surface area contributed by atoms with Crippen molar-refractivity contribution in [2.45, 2.75) is 32.1 Å². The molecule has 0 heterocycles. The van der Waals surface area contributed by atoms with Gasteiger partial charge in [-0.3, -0.25) is 0 Å². The van der Waals surface area contributed by atoms with Gasteiger partial charge in [0, 0.05) is 25.2 Å². The highest BCUT2D eigenvalue weighted by molar-refractivity contribution is 7.89. The maximum Gasteiger partial charge on any atom is 0.243 e. The van der Waals surface area contributed by atoms with Crippen LogP contribution < -0.4 is 5.73 Å². The molecule has 0 unspecified atom stereocenters. The molecule has 1 rings (SSSR count). The van der Waals surface area contributed by atoms with Crippen LogP contribution in [0.25, 0.3) is 0 Å². The quantitative estimate of drug-likeness (QED) is 0.814. The lowest BCUT2D eigenvalue weighted by Crippen LogP contribution is -2.35. The number of hydrogen-bond acceptors (Lipinski definition) is 4. The molecular formula is C14H21N3O2S. The summed E-state index contributed by atoms with van der Waals surface area (Å²) in [4.78, 5) is 0.219. The Morgan fingerprint density at radius 3 is 2.60 bits per heavy atom. The lowest BCUT2D eigenvalue weighted by atomic mass is 10.2. The zero-order valence-corrected chi connectivity index (χ0v) is 12.9. The van der Waals surface area contributed by atoms with Gasteiger partial charge in [-0.25, -0.2) is 8.42 Å². The second kappa shape index (κ2) is 6.73. The van der Waals surface area contributed by atoms with Gasteiger partial charge >= 0.3 is 0 Å². The maximum atomic E-state index is 12.7. The normalized spacial score (nSPS) is 11.8. The molecular weight excluding hydrogens is 274 g/mol. The molecule has 1 aromatic rings. The summed E-state index contributed by atoms with van der Waals surface area (Å²) >= 11 is 0. The van der Waals surface area contributed by atoms with Crippen LogP contribution in [0.4, 0.5) is 5.69 Å². The summed E-state index contributed by atoms with van der Waals surface area (Å²) in [5.74, 6) is 0.185. The van der Waals surface area contributed by atoms with E-state index >= 15 is 0 Å². The molecule has 0 bridgehead atoms. The van der Waals surface area contributed by atoms with E-state index in [1.165, 1.54) is 4.31 Å². The van der Waals surface area contributed by atoms with Crippen molar-refractivity contribution >= 4 is 15.7 Å². The first-order valence-corrected chi connectivity index (χ1v) is 7.97. The van der Waals surface area contributed by atoms with Crippen molar-refractivity contribution in [1.82, 2.24) is 4.31 Å². The Morgan fingerprint density at radius 2 is 2.05 bits per heavy atom. The van der Waals surface area contributed by atoms with E-state index in [0.29, 0.717) is 17.8 Å². The number of benzene rings is 1. The summed E-state index contributed by atoms with van der Waals surface area (Å²) in [6.07, 6.45) is 0.174. The number of anilines is 1. The van der Waals surface area contributed by atoms with Crippen LogP contribution in [0, 0.1) is 24.2 Å². The minimum absolute atomic E-state index is 0.174. The highest BCUT2D eigenvalue weighted by Gasteiger charge is 2.26. The van der Waals surface area contributed by atoms with E-state index in [1.807, 2.05) is 19.9 Å². The second-order valence-electron chi connectivity index (χ2n) is 5.14. The highest BCUT2D eigenvalue weighted by Crippen LogP contribution is 2.24. The summed E-state index contributed by atoms with van der Waals surface area (Å²) in [6.45, 7) is 6.17. The molecule has 20 heavy (non-hydrogen) atoms. The van der Waals surface area contributed by atoms with E-state index in [4.69, 9.17) is 11.0 Å². The SMILES string of the molecule is Cc1c(N)cccc1S(=O)(=O)N(CCC#N)CC(C)C. The van der Waals surface area contributed by atoms with Crippen LogP contribution >= 0.6 is 0 Å². The molecule has 1 aromatic carbocycles. The number of nitrogens with two attached hydrogens (primary N) is 1. The number of hydrogen-bond donors (Lipinski definition) is 1. The fourth-order valence-electron chi connectivity index (χ4n) is 1.94. The van der Waals surface area contributed by atoms with Gasteiger partial charge in [0.05, 0.1) is 11.0 Å². The molecule has 0 aliphatic rings. The van der Waals surface area contributed by atoms with Crippen LogP contribution in [0.5, 0.6) is 0 Å². The fourth-order valence-corrected chi connectivity index (χ4v) is 3.80. The number of rotatable bonds is 6. The first-order chi connectivity index (χ1) is 9.30. The highest BCUT2D eigenvalue weighted by atomic mass is 32.2. The predicted octanol–water partition coefficient (Wildman–Crippen LogP) is 2.14. The lowest BCUT2D eigenvalue weighted by Gasteiger charge is -2.24. The standard InChI is InChI=1S/C14H21N3O2S/c1-11(2)10-17(9-5-8-15)20(18,19)14-7-4-6-13(16)12(14)3/h4,6-7,11H,5,9-10,16H2,1-3H3. The van der Waals surface area contributed by atoms with Gasteiger partial charge < -0.3 is 5.73 Å². The van der Waals surface area contributed by atoms with Crippen LogP contribution in [0.15, 0.2) is 23.1 Å². The number of nitrogen functional groups attached to an aromatic ring is 1. The van der Waals surface area contributed by atoms with Crippen LogP contribution in [0.2, 0.25) is 0 Å². The van der Waals surface area contributed by atoms with Gasteiger partial charge in [-0.2, -0.15) is 9.57 Å². The van der Waals surface area contributed by atoms with Crippen molar-refractivity contribution in [2.75, 3.05) is 18.8 Å².